The minimum atomic E-state index is -0.0560. The second kappa shape index (κ2) is 8.79. The number of hydrogen-bond acceptors (Lipinski definition) is 3. The highest BCUT2D eigenvalue weighted by Gasteiger charge is 2.14. The van der Waals surface area contributed by atoms with Crippen molar-refractivity contribution in [1.82, 2.24) is 5.32 Å². The van der Waals surface area contributed by atoms with Crippen molar-refractivity contribution in [3.05, 3.63) is 29.8 Å². The molecule has 0 heterocycles. The van der Waals surface area contributed by atoms with Crippen LogP contribution in [-0.2, 0) is 0 Å². The van der Waals surface area contributed by atoms with Crippen LogP contribution in [0.5, 0.6) is 5.75 Å². The summed E-state index contributed by atoms with van der Waals surface area (Å²) in [4.78, 5) is 11.9. The summed E-state index contributed by atoms with van der Waals surface area (Å²) in [5.74, 6) is 1.48. The lowest BCUT2D eigenvalue weighted by molar-refractivity contribution is 0.0952. The molecule has 0 aliphatic heterocycles. The molecule has 2 rings (SSSR count). The number of benzene rings is 1. The fraction of sp³-hybridized carbons (Fsp3) is 0.611. The summed E-state index contributed by atoms with van der Waals surface area (Å²) in [6.45, 7) is 3.33. The Kier molecular flexibility index (Phi) is 6.72. The molecule has 0 bridgehead atoms. The third kappa shape index (κ3) is 5.68. The van der Waals surface area contributed by atoms with Gasteiger partial charge in [-0.05, 0) is 56.4 Å². The molecule has 1 aliphatic carbocycles. The van der Waals surface area contributed by atoms with E-state index >= 15 is 0 Å². The van der Waals surface area contributed by atoms with Crippen molar-refractivity contribution in [3.8, 4) is 5.75 Å². The van der Waals surface area contributed by atoms with Crippen molar-refractivity contribution in [2.45, 2.75) is 51.5 Å². The predicted molar refractivity (Wildman–Crippen MR) is 89.1 cm³/mol. The molecule has 1 fully saturated rings. The van der Waals surface area contributed by atoms with Crippen molar-refractivity contribution < 1.29 is 9.53 Å². The van der Waals surface area contributed by atoms with Crippen molar-refractivity contribution in [2.24, 2.45) is 11.7 Å². The van der Waals surface area contributed by atoms with Gasteiger partial charge in [-0.25, -0.2) is 0 Å². The molecule has 1 aromatic rings. The molecule has 122 valence electrons. The van der Waals surface area contributed by atoms with Crippen LogP contribution in [0.3, 0.4) is 0 Å². The Morgan fingerprint density at radius 3 is 2.59 bits per heavy atom. The minimum Gasteiger partial charge on any atom is -0.493 e. The first kappa shape index (κ1) is 16.8. The van der Waals surface area contributed by atoms with E-state index in [2.05, 4.69) is 5.32 Å². The summed E-state index contributed by atoms with van der Waals surface area (Å²) in [6.07, 6.45) is 7.36. The summed E-state index contributed by atoms with van der Waals surface area (Å²) in [5, 5.41) is 2.87. The van der Waals surface area contributed by atoms with Crippen LogP contribution >= 0.6 is 0 Å². The molecule has 0 radical (unpaired) electrons. The van der Waals surface area contributed by atoms with E-state index in [1.54, 1.807) is 0 Å². The van der Waals surface area contributed by atoms with Gasteiger partial charge in [0.05, 0.1) is 6.61 Å². The normalized spacial score (nSPS) is 17.0. The number of nitrogens with one attached hydrogen (secondary N) is 1. The van der Waals surface area contributed by atoms with Crippen LogP contribution in [-0.4, -0.2) is 25.1 Å². The van der Waals surface area contributed by atoms with Crippen LogP contribution in [0.1, 0.15) is 55.8 Å². The standard InChI is InChI=1S/C18H28N2O2/c1-14(19)11-12-20-18(21)16-7-9-17(10-8-16)22-13-15-5-3-2-4-6-15/h7-10,14-15H,2-6,11-13,19H2,1H3,(H,20,21). The summed E-state index contributed by atoms with van der Waals surface area (Å²) in [5.41, 5.74) is 6.33. The van der Waals surface area contributed by atoms with Crippen molar-refractivity contribution >= 4 is 5.91 Å². The third-order valence-electron chi connectivity index (χ3n) is 4.21. The monoisotopic (exact) mass is 304 g/mol. The average molecular weight is 304 g/mol. The van der Waals surface area contributed by atoms with Crippen molar-refractivity contribution in [2.75, 3.05) is 13.2 Å². The molecule has 1 unspecified atom stereocenters. The summed E-state index contributed by atoms with van der Waals surface area (Å²) in [7, 11) is 0. The highest BCUT2D eigenvalue weighted by atomic mass is 16.5. The molecule has 1 saturated carbocycles. The van der Waals surface area contributed by atoms with Crippen LogP contribution in [0.4, 0.5) is 0 Å². The first-order chi connectivity index (χ1) is 10.6. The molecule has 1 aliphatic rings. The highest BCUT2D eigenvalue weighted by molar-refractivity contribution is 5.94. The maximum atomic E-state index is 11.9. The van der Waals surface area contributed by atoms with Gasteiger partial charge in [-0.3, -0.25) is 4.79 Å². The van der Waals surface area contributed by atoms with Gasteiger partial charge >= 0.3 is 0 Å². The second-order valence-electron chi connectivity index (χ2n) is 6.36. The number of nitrogens with two attached hydrogens (primary N) is 1. The molecule has 4 nitrogen and oxygen atoms in total. The van der Waals surface area contributed by atoms with Crippen molar-refractivity contribution in [1.29, 1.82) is 0 Å². The summed E-state index contributed by atoms with van der Waals surface area (Å²) >= 11 is 0. The van der Waals surface area contributed by atoms with Crippen LogP contribution in [0.2, 0.25) is 0 Å². The third-order valence-corrected chi connectivity index (χ3v) is 4.21. The lowest BCUT2D eigenvalue weighted by atomic mass is 9.90. The number of ether oxygens (including phenoxy) is 1. The van der Waals surface area contributed by atoms with Crippen LogP contribution in [0, 0.1) is 5.92 Å². The molecular formula is C18H28N2O2. The zero-order valence-corrected chi connectivity index (χ0v) is 13.5. The van der Waals surface area contributed by atoms with E-state index in [9.17, 15) is 4.79 Å². The van der Waals surface area contributed by atoms with Gasteiger partial charge in [0.15, 0.2) is 0 Å². The molecule has 0 aromatic heterocycles. The Balaban J connectivity index is 1.75. The van der Waals surface area contributed by atoms with Gasteiger partial charge in [-0.2, -0.15) is 0 Å². The largest absolute Gasteiger partial charge is 0.493 e. The number of carbonyl (C=O) groups is 1. The SMILES string of the molecule is CC(N)CCNC(=O)c1ccc(OCC2CCCCC2)cc1. The zero-order chi connectivity index (χ0) is 15.8. The lowest BCUT2D eigenvalue weighted by Gasteiger charge is -2.21. The predicted octanol–water partition coefficient (Wildman–Crippen LogP) is 3.11. The van der Waals surface area contributed by atoms with Gasteiger partial charge < -0.3 is 15.8 Å². The van der Waals surface area contributed by atoms with Gasteiger partial charge in [0.1, 0.15) is 5.75 Å². The molecule has 0 spiro atoms. The van der Waals surface area contributed by atoms with Gasteiger partial charge in [0.25, 0.3) is 5.91 Å². The Labute approximate surface area is 133 Å². The molecule has 1 aromatic carbocycles. The van der Waals surface area contributed by atoms with E-state index in [4.69, 9.17) is 10.5 Å². The highest BCUT2D eigenvalue weighted by Crippen LogP contribution is 2.24. The van der Waals surface area contributed by atoms with E-state index in [1.165, 1.54) is 32.1 Å². The topological polar surface area (TPSA) is 64.3 Å². The fourth-order valence-electron chi connectivity index (χ4n) is 2.79. The quantitative estimate of drug-likeness (QED) is 0.813. The molecule has 22 heavy (non-hydrogen) atoms. The van der Waals surface area contributed by atoms with Gasteiger partial charge in [0.2, 0.25) is 0 Å². The Bertz CT molecular complexity index is 451. The maximum Gasteiger partial charge on any atom is 0.251 e. The van der Waals surface area contributed by atoms with Gasteiger partial charge in [0, 0.05) is 18.2 Å². The second-order valence-corrected chi connectivity index (χ2v) is 6.36. The van der Waals surface area contributed by atoms with Crippen molar-refractivity contribution in [3.63, 3.8) is 0 Å². The van der Waals surface area contributed by atoms with Crippen LogP contribution in [0.25, 0.3) is 0 Å². The number of amides is 1. The first-order valence-electron chi connectivity index (χ1n) is 8.42. The lowest BCUT2D eigenvalue weighted by Crippen LogP contribution is -2.28. The van der Waals surface area contributed by atoms with E-state index < -0.39 is 0 Å². The molecule has 1 atom stereocenters. The zero-order valence-electron chi connectivity index (χ0n) is 13.5. The van der Waals surface area contributed by atoms with Gasteiger partial charge in [-0.1, -0.05) is 19.3 Å². The van der Waals surface area contributed by atoms with E-state index in [0.29, 0.717) is 18.0 Å². The van der Waals surface area contributed by atoms with E-state index in [0.717, 1.165) is 18.8 Å². The Hall–Kier alpha value is -1.55. The molecule has 3 N–H and O–H groups in total. The number of hydrogen-bond donors (Lipinski definition) is 2. The van der Waals surface area contributed by atoms with Crippen LogP contribution < -0.4 is 15.8 Å². The number of rotatable bonds is 7. The molecule has 1 amide bonds. The fourth-order valence-corrected chi connectivity index (χ4v) is 2.79. The number of carbonyl (C=O) groups excluding carboxylic acids is 1. The Morgan fingerprint density at radius 2 is 1.95 bits per heavy atom. The smallest absolute Gasteiger partial charge is 0.251 e. The molecule has 4 heteroatoms. The summed E-state index contributed by atoms with van der Waals surface area (Å²) < 4.78 is 5.84. The molecular weight excluding hydrogens is 276 g/mol. The maximum absolute atomic E-state index is 11.9. The first-order valence-corrected chi connectivity index (χ1v) is 8.42. The summed E-state index contributed by atoms with van der Waals surface area (Å²) in [6, 6.07) is 7.50. The van der Waals surface area contributed by atoms with Gasteiger partial charge in [-0.15, -0.1) is 0 Å². The van der Waals surface area contributed by atoms with E-state index in [1.807, 2.05) is 31.2 Å². The molecule has 0 saturated heterocycles. The van der Waals surface area contributed by atoms with Crippen LogP contribution in [0.15, 0.2) is 24.3 Å². The van der Waals surface area contributed by atoms with E-state index in [-0.39, 0.29) is 11.9 Å². The minimum absolute atomic E-state index is 0.0560. The Morgan fingerprint density at radius 1 is 1.27 bits per heavy atom. The average Bonchev–Trinajstić information content (AvgIpc) is 2.54.